The van der Waals surface area contributed by atoms with Crippen LogP contribution in [-0.2, 0) is 5.41 Å². The number of hydrogen-bond acceptors (Lipinski definition) is 1. The van der Waals surface area contributed by atoms with Crippen LogP contribution in [0.5, 0.6) is 0 Å². The Morgan fingerprint density at radius 3 is 2.31 bits per heavy atom. The Bertz CT molecular complexity index is 1520. The summed E-state index contributed by atoms with van der Waals surface area (Å²) in [5.41, 5.74) is 10.1. The molecule has 0 spiro atoms. The second-order valence-corrected chi connectivity index (χ2v) is 9.84. The minimum absolute atomic E-state index is 0.0708. The number of aromatic nitrogens is 1. The number of para-hydroxylation sites is 1. The van der Waals surface area contributed by atoms with Gasteiger partial charge >= 0.3 is 0 Å². The van der Waals surface area contributed by atoms with E-state index >= 15 is 0 Å². The largest absolute Gasteiger partial charge is 0.247 e. The van der Waals surface area contributed by atoms with Crippen molar-refractivity contribution in [3.63, 3.8) is 0 Å². The van der Waals surface area contributed by atoms with Gasteiger partial charge in [0, 0.05) is 21.9 Å². The normalized spacial score (nSPS) is 14.2. The molecule has 32 heavy (non-hydrogen) atoms. The Morgan fingerprint density at radius 2 is 1.47 bits per heavy atom. The van der Waals surface area contributed by atoms with Crippen LogP contribution >= 0.6 is 0 Å². The molecule has 5 aromatic rings. The molecular weight excluding hydrogens is 386 g/mol. The lowest BCUT2D eigenvalue weighted by Gasteiger charge is -2.23. The zero-order valence-corrected chi connectivity index (χ0v) is 19.1. The van der Waals surface area contributed by atoms with E-state index in [1.165, 1.54) is 49.5 Å². The Kier molecular flexibility index (Phi) is 4.07. The van der Waals surface area contributed by atoms with E-state index < -0.39 is 0 Å². The van der Waals surface area contributed by atoms with Gasteiger partial charge in [0.2, 0.25) is 0 Å². The molecule has 1 nitrogen and oxygen atoms in total. The van der Waals surface area contributed by atoms with Gasteiger partial charge in [-0.1, -0.05) is 107 Å². The molecule has 0 unspecified atom stereocenters. The Hall–Kier alpha value is -3.45. The van der Waals surface area contributed by atoms with Crippen molar-refractivity contribution in [3.05, 3.63) is 102 Å². The first-order valence-corrected chi connectivity index (χ1v) is 11.5. The minimum Gasteiger partial charge on any atom is -0.247 e. The lowest BCUT2D eigenvalue weighted by atomic mass is 9.80. The van der Waals surface area contributed by atoms with Gasteiger partial charge in [0.15, 0.2) is 0 Å². The van der Waals surface area contributed by atoms with Gasteiger partial charge in [-0.05, 0) is 45.0 Å². The molecule has 1 aromatic heterocycles. The highest BCUT2D eigenvalue weighted by Crippen LogP contribution is 2.54. The first-order chi connectivity index (χ1) is 15.5. The fourth-order valence-corrected chi connectivity index (χ4v) is 5.57. The van der Waals surface area contributed by atoms with Gasteiger partial charge in [0.05, 0.1) is 11.2 Å². The lowest BCUT2D eigenvalue weighted by Crippen LogP contribution is -2.15. The van der Waals surface area contributed by atoms with Crippen molar-refractivity contribution in [1.29, 1.82) is 0 Å². The lowest BCUT2D eigenvalue weighted by molar-refractivity contribution is 0.666. The molecule has 1 heteroatoms. The number of rotatable bonds is 2. The van der Waals surface area contributed by atoms with E-state index in [0.29, 0.717) is 5.92 Å². The maximum absolute atomic E-state index is 5.29. The summed E-state index contributed by atoms with van der Waals surface area (Å²) in [6, 6.07) is 31.0. The Balaban J connectivity index is 1.76. The monoisotopic (exact) mass is 413 g/mol. The number of pyridine rings is 1. The van der Waals surface area contributed by atoms with E-state index in [9.17, 15) is 0 Å². The molecular formula is C31H27N. The Labute approximate surface area is 189 Å². The zero-order chi connectivity index (χ0) is 22.0. The van der Waals surface area contributed by atoms with Gasteiger partial charge in [-0.25, -0.2) is 4.98 Å². The zero-order valence-electron chi connectivity index (χ0n) is 19.1. The molecule has 0 saturated heterocycles. The van der Waals surface area contributed by atoms with Crippen LogP contribution < -0.4 is 0 Å². The van der Waals surface area contributed by atoms with Crippen molar-refractivity contribution >= 4 is 21.7 Å². The average Bonchev–Trinajstić information content (AvgIpc) is 3.05. The van der Waals surface area contributed by atoms with Crippen LogP contribution in [-0.4, -0.2) is 4.98 Å². The molecule has 0 amide bonds. The van der Waals surface area contributed by atoms with Crippen LogP contribution in [0.4, 0.5) is 0 Å². The summed E-state index contributed by atoms with van der Waals surface area (Å²) < 4.78 is 0. The van der Waals surface area contributed by atoms with E-state index in [1.54, 1.807) is 0 Å². The quantitative estimate of drug-likeness (QED) is 0.283. The van der Waals surface area contributed by atoms with Crippen LogP contribution in [0.15, 0.2) is 84.9 Å². The van der Waals surface area contributed by atoms with Crippen molar-refractivity contribution in [2.75, 3.05) is 0 Å². The molecule has 0 aliphatic heterocycles. The van der Waals surface area contributed by atoms with E-state index in [0.717, 1.165) is 11.2 Å². The molecule has 0 atom stereocenters. The third kappa shape index (κ3) is 2.61. The molecule has 4 aromatic carbocycles. The van der Waals surface area contributed by atoms with Gasteiger partial charge in [-0.2, -0.15) is 0 Å². The predicted octanol–water partition coefficient (Wildman–Crippen LogP) is 8.48. The van der Waals surface area contributed by atoms with Crippen molar-refractivity contribution in [3.8, 4) is 22.4 Å². The molecule has 1 heterocycles. The van der Waals surface area contributed by atoms with Crippen LogP contribution in [0.3, 0.4) is 0 Å². The standard InChI is InChI=1S/C31H27N/c1-19(2)20-16-17-22-21(18-20)10-9-13-23(22)30-28-24-11-5-7-14-26(24)31(3,4)29(28)25-12-6-8-15-27(25)32-30/h5-19H,1-4H3. The maximum atomic E-state index is 5.29. The average molecular weight is 414 g/mol. The van der Waals surface area contributed by atoms with E-state index in [1.807, 2.05) is 0 Å². The number of hydrogen-bond donors (Lipinski definition) is 0. The third-order valence-electron chi connectivity index (χ3n) is 7.21. The van der Waals surface area contributed by atoms with Gasteiger partial charge < -0.3 is 0 Å². The minimum atomic E-state index is -0.0708. The SMILES string of the molecule is CC(C)c1ccc2c(-c3nc4ccccc4c4c3-c3ccccc3C4(C)C)cccc2c1. The summed E-state index contributed by atoms with van der Waals surface area (Å²) in [5.74, 6) is 0.513. The molecule has 0 N–H and O–H groups in total. The highest BCUT2D eigenvalue weighted by atomic mass is 14.7. The highest BCUT2D eigenvalue weighted by Gasteiger charge is 2.39. The summed E-state index contributed by atoms with van der Waals surface area (Å²) in [4.78, 5) is 5.29. The van der Waals surface area contributed by atoms with Crippen LogP contribution in [0.1, 0.15) is 50.3 Å². The van der Waals surface area contributed by atoms with Crippen molar-refractivity contribution in [2.24, 2.45) is 0 Å². The molecule has 0 bridgehead atoms. The molecule has 156 valence electrons. The predicted molar refractivity (Wildman–Crippen MR) is 136 cm³/mol. The van der Waals surface area contributed by atoms with E-state index in [-0.39, 0.29) is 5.41 Å². The second-order valence-electron chi connectivity index (χ2n) is 9.84. The summed E-state index contributed by atoms with van der Waals surface area (Å²) >= 11 is 0. The number of nitrogens with zero attached hydrogens (tertiary/aromatic N) is 1. The van der Waals surface area contributed by atoms with Crippen molar-refractivity contribution in [1.82, 2.24) is 4.98 Å². The van der Waals surface area contributed by atoms with Crippen LogP contribution in [0.25, 0.3) is 44.1 Å². The van der Waals surface area contributed by atoms with Crippen molar-refractivity contribution in [2.45, 2.75) is 39.0 Å². The molecule has 0 radical (unpaired) electrons. The smallest absolute Gasteiger partial charge is 0.0797 e. The molecule has 6 rings (SSSR count). The maximum Gasteiger partial charge on any atom is 0.0797 e. The summed E-state index contributed by atoms with van der Waals surface area (Å²) in [5, 5.41) is 3.81. The third-order valence-corrected chi connectivity index (χ3v) is 7.21. The van der Waals surface area contributed by atoms with Gasteiger partial charge in [-0.15, -0.1) is 0 Å². The van der Waals surface area contributed by atoms with Gasteiger partial charge in [-0.3, -0.25) is 0 Å². The highest BCUT2D eigenvalue weighted by molar-refractivity contribution is 6.06. The van der Waals surface area contributed by atoms with Gasteiger partial charge in [0.25, 0.3) is 0 Å². The summed E-state index contributed by atoms with van der Waals surface area (Å²) in [6.07, 6.45) is 0. The Morgan fingerprint density at radius 1 is 0.719 bits per heavy atom. The van der Waals surface area contributed by atoms with Crippen LogP contribution in [0.2, 0.25) is 0 Å². The molecule has 0 fully saturated rings. The summed E-state index contributed by atoms with van der Waals surface area (Å²) in [6.45, 7) is 9.21. The summed E-state index contributed by atoms with van der Waals surface area (Å²) in [7, 11) is 0. The first kappa shape index (κ1) is 19.3. The molecule has 1 aliphatic carbocycles. The van der Waals surface area contributed by atoms with Crippen molar-refractivity contribution < 1.29 is 0 Å². The fourth-order valence-electron chi connectivity index (χ4n) is 5.57. The topological polar surface area (TPSA) is 12.9 Å². The molecule has 1 aliphatic rings. The first-order valence-electron chi connectivity index (χ1n) is 11.5. The molecule has 0 saturated carbocycles. The number of benzene rings is 4. The second kappa shape index (κ2) is 6.77. The fraction of sp³-hybridized carbons (Fsp3) is 0.194. The van der Waals surface area contributed by atoms with Crippen LogP contribution in [0, 0.1) is 0 Å². The van der Waals surface area contributed by atoms with E-state index in [2.05, 4.69) is 113 Å². The van der Waals surface area contributed by atoms with Gasteiger partial charge in [0.1, 0.15) is 0 Å². The van der Waals surface area contributed by atoms with E-state index in [4.69, 9.17) is 4.98 Å². The number of fused-ring (bicyclic) bond motifs is 6.